The number of carboxylic acid groups (broad SMARTS) is 1. The van der Waals surface area contributed by atoms with E-state index in [-0.39, 0.29) is 34.4 Å². The average Bonchev–Trinajstić information content (AvgIpc) is 3.20. The second-order valence-corrected chi connectivity index (χ2v) is 20.4. The summed E-state index contributed by atoms with van der Waals surface area (Å²) in [4.78, 5) is 66.0. The highest BCUT2D eigenvalue weighted by Crippen LogP contribution is 2.17. The smallest absolute Gasteiger partial charge is 0.334 e. The van der Waals surface area contributed by atoms with Gasteiger partial charge in [0.2, 0.25) is 17.7 Å². The summed E-state index contributed by atoms with van der Waals surface area (Å²) in [7, 11) is 3.52. The van der Waals surface area contributed by atoms with E-state index in [1.54, 1.807) is 61.4 Å². The Morgan fingerprint density at radius 1 is 0.690 bits per heavy atom. The second kappa shape index (κ2) is 45.3. The van der Waals surface area contributed by atoms with E-state index in [0.717, 1.165) is 24.0 Å². The van der Waals surface area contributed by atoms with Gasteiger partial charge in [0.05, 0.1) is 0 Å². The van der Waals surface area contributed by atoms with Gasteiger partial charge in [0.1, 0.15) is 0 Å². The maximum absolute atomic E-state index is 11.7. The van der Waals surface area contributed by atoms with Gasteiger partial charge >= 0.3 is 23.8 Å². The number of hydrogen-bond acceptors (Lipinski definition) is 13. The zero-order valence-electron chi connectivity index (χ0n) is 36.5. The molecule has 0 aliphatic rings. The van der Waals surface area contributed by atoms with Crippen molar-refractivity contribution in [2.24, 2.45) is 0 Å². The zero-order valence-corrected chi connectivity index (χ0v) is 41.1. The van der Waals surface area contributed by atoms with Crippen molar-refractivity contribution >= 4 is 87.9 Å². The highest BCUT2D eigenvalue weighted by molar-refractivity contribution is 8.13. The number of hydrogen-bond donors (Lipinski definition) is 5. The van der Waals surface area contributed by atoms with Crippen molar-refractivity contribution < 1.29 is 51.6 Å². The lowest BCUT2D eigenvalue weighted by Crippen LogP contribution is -2.35. The molecule has 0 aromatic rings. The topological polar surface area (TPSA) is 196 Å². The molecule has 0 saturated carbocycles. The summed E-state index contributed by atoms with van der Waals surface area (Å²) in [5, 5.41) is 16.5. The van der Waals surface area contributed by atoms with Gasteiger partial charge in [0.25, 0.3) is 0 Å². The van der Waals surface area contributed by atoms with Gasteiger partial charge in [-0.25, -0.2) is 0 Å². The Hall–Kier alpha value is -2.76. The predicted molar refractivity (Wildman–Crippen MR) is 250 cm³/mol. The Morgan fingerprint density at radius 2 is 1.05 bits per heavy atom. The number of carbonyl (C=O) groups is 6. The maximum Gasteiger partial charge on any atom is 0.334 e. The van der Waals surface area contributed by atoms with E-state index in [1.165, 1.54) is 23.5 Å². The Kier molecular flexibility index (Phi) is 50.3. The maximum atomic E-state index is 11.7. The SMILES string of the molecule is C=C(C)C(=O)NCCCC(=O)O.C=C(C)C(=O)NCCCC(=O)SCCC[Si](C)(OC)OC.C=CCS.C=CCSC(=O)CCCNC(=O)C(=C)C.CO[SiH](C)OC. The summed E-state index contributed by atoms with van der Waals surface area (Å²) in [6.45, 7) is 27.8. The molecule has 0 aliphatic heterocycles. The molecule has 0 aromatic carbocycles. The minimum atomic E-state index is -2.00. The summed E-state index contributed by atoms with van der Waals surface area (Å²) in [6, 6.07) is 0.884. The second-order valence-electron chi connectivity index (χ2n) is 12.2. The van der Waals surface area contributed by atoms with Crippen molar-refractivity contribution in [3.63, 3.8) is 0 Å². The molecule has 0 atom stereocenters. The number of aliphatic carboxylic acids is 1. The van der Waals surface area contributed by atoms with Crippen LogP contribution in [0.4, 0.5) is 0 Å². The van der Waals surface area contributed by atoms with Crippen molar-refractivity contribution in [3.05, 3.63) is 61.8 Å². The number of thiol groups is 1. The molecule has 0 saturated heterocycles. The van der Waals surface area contributed by atoms with Crippen molar-refractivity contribution in [2.45, 2.75) is 84.9 Å². The van der Waals surface area contributed by atoms with Gasteiger partial charge in [-0.1, -0.05) is 55.4 Å². The number of rotatable bonds is 26. The third kappa shape index (κ3) is 51.3. The molecule has 0 spiro atoms. The monoisotopic (exact) mass is 911 g/mol. The Labute approximate surface area is 365 Å². The first-order valence-electron chi connectivity index (χ1n) is 18.5. The van der Waals surface area contributed by atoms with Crippen LogP contribution in [0, 0.1) is 0 Å². The lowest BCUT2D eigenvalue weighted by atomic mass is 10.3. The van der Waals surface area contributed by atoms with Crippen LogP contribution in [-0.2, 0) is 46.5 Å². The molecular formula is C39H73N3O11S3Si2. The Morgan fingerprint density at radius 3 is 1.33 bits per heavy atom. The lowest BCUT2D eigenvalue weighted by molar-refractivity contribution is -0.137. The largest absolute Gasteiger partial charge is 0.481 e. The van der Waals surface area contributed by atoms with Crippen LogP contribution < -0.4 is 16.0 Å². The Balaban J connectivity index is -0.000000222. The molecule has 19 heteroatoms. The van der Waals surface area contributed by atoms with Crippen LogP contribution in [0.2, 0.25) is 19.1 Å². The molecule has 4 N–H and O–H groups in total. The van der Waals surface area contributed by atoms with E-state index in [4.69, 9.17) is 22.8 Å². The quantitative estimate of drug-likeness (QED) is 0.0218. The number of carbonyl (C=O) groups excluding carboxylic acids is 5. The molecule has 0 bridgehead atoms. The van der Waals surface area contributed by atoms with E-state index in [2.05, 4.69) is 61.5 Å². The zero-order chi connectivity index (χ0) is 46.0. The van der Waals surface area contributed by atoms with E-state index in [0.29, 0.717) is 74.2 Å². The normalized spacial score (nSPS) is 9.84. The van der Waals surface area contributed by atoms with Gasteiger partial charge in [-0.3, -0.25) is 28.8 Å². The number of carboxylic acids is 1. The number of amides is 3. The highest BCUT2D eigenvalue weighted by Gasteiger charge is 2.27. The first-order valence-corrected chi connectivity index (χ1v) is 25.7. The van der Waals surface area contributed by atoms with Crippen molar-refractivity contribution in [2.75, 3.05) is 65.3 Å². The summed E-state index contributed by atoms with van der Waals surface area (Å²) < 4.78 is 20.4. The van der Waals surface area contributed by atoms with Gasteiger partial charge in [-0.2, -0.15) is 12.6 Å². The van der Waals surface area contributed by atoms with Gasteiger partial charge in [-0.15, -0.1) is 13.2 Å². The van der Waals surface area contributed by atoms with Crippen LogP contribution in [0.3, 0.4) is 0 Å². The van der Waals surface area contributed by atoms with Crippen molar-refractivity contribution in [1.29, 1.82) is 0 Å². The standard InChI is InChI=1S/C14H27NO4SSi.C11H17NO2S.C8H13NO3.C3H10O2Si.C3H6S/c1-12(2)14(17)15-9-6-8-13(16)20-10-7-11-21(5,18-3)19-4;1-4-8-15-10(13)6-5-7-12-11(14)9(2)3;1-6(2)8(12)9-5-3-4-7(10)11;1-4-6(3)5-2;1-2-3-4/h1,6-11H2,2-5H3,(H,15,17);4H,1-2,5-8H2,3H3,(H,12,14);1,3-5H2,2H3,(H,9,12)(H,10,11);6H,1-3H3;2,4H,1,3H2. The van der Waals surface area contributed by atoms with Crippen LogP contribution in [0.15, 0.2) is 61.8 Å². The van der Waals surface area contributed by atoms with Crippen LogP contribution in [0.5, 0.6) is 0 Å². The molecule has 0 aromatic heterocycles. The molecular weight excluding hydrogens is 839 g/mol. The fraction of sp³-hybridized carbons (Fsp3) is 0.590. The van der Waals surface area contributed by atoms with E-state index in [9.17, 15) is 28.8 Å². The molecule has 0 aliphatic carbocycles. The lowest BCUT2D eigenvalue weighted by Gasteiger charge is -2.22. The average molecular weight is 912 g/mol. The van der Waals surface area contributed by atoms with E-state index in [1.807, 2.05) is 13.1 Å². The molecule has 58 heavy (non-hydrogen) atoms. The van der Waals surface area contributed by atoms with Gasteiger partial charge in [0.15, 0.2) is 10.2 Å². The molecule has 0 unspecified atom stereocenters. The van der Waals surface area contributed by atoms with E-state index < -0.39 is 23.8 Å². The molecule has 336 valence electrons. The number of nitrogens with one attached hydrogen (secondary N) is 3. The minimum absolute atomic E-state index is 0.0798. The molecule has 0 rings (SSSR count). The molecule has 3 amide bonds. The third-order valence-electron chi connectivity index (χ3n) is 6.76. The van der Waals surface area contributed by atoms with E-state index >= 15 is 0 Å². The van der Waals surface area contributed by atoms with Crippen molar-refractivity contribution in [3.8, 4) is 0 Å². The minimum Gasteiger partial charge on any atom is -0.481 e. The summed E-state index contributed by atoms with van der Waals surface area (Å²) in [6.07, 6.45) is 7.17. The van der Waals surface area contributed by atoms with Crippen LogP contribution >= 0.6 is 36.2 Å². The predicted octanol–water partition coefficient (Wildman–Crippen LogP) is 6.15. The summed E-state index contributed by atoms with van der Waals surface area (Å²) in [5.74, 6) is 0.836. The summed E-state index contributed by atoms with van der Waals surface area (Å²) in [5.41, 5.74) is 1.41. The fourth-order valence-electron chi connectivity index (χ4n) is 3.02. The third-order valence-corrected chi connectivity index (χ3v) is 13.3. The van der Waals surface area contributed by atoms with Crippen LogP contribution in [0.25, 0.3) is 0 Å². The molecule has 0 fully saturated rings. The highest BCUT2D eigenvalue weighted by atomic mass is 32.2. The van der Waals surface area contributed by atoms with Crippen LogP contribution in [0.1, 0.15) is 65.7 Å². The molecule has 14 nitrogen and oxygen atoms in total. The Bertz CT molecular complexity index is 1230. The summed E-state index contributed by atoms with van der Waals surface area (Å²) >= 11 is 6.40. The van der Waals surface area contributed by atoms with Crippen LogP contribution in [-0.4, -0.2) is 122 Å². The first-order chi connectivity index (χ1) is 27.2. The molecule has 0 radical (unpaired) electrons. The first kappa shape index (κ1) is 64.4. The van der Waals surface area contributed by atoms with Crippen molar-refractivity contribution in [1.82, 2.24) is 16.0 Å². The van der Waals surface area contributed by atoms with Gasteiger partial charge < -0.3 is 38.8 Å². The van der Waals surface area contributed by atoms with Gasteiger partial charge in [0, 0.05) is 101 Å². The van der Waals surface area contributed by atoms with Gasteiger partial charge in [-0.05, 0) is 65.6 Å². The number of thioether (sulfide) groups is 2. The fourth-order valence-corrected chi connectivity index (χ4v) is 6.26. The molecule has 0 heterocycles.